The van der Waals surface area contributed by atoms with Crippen molar-refractivity contribution in [2.24, 2.45) is 0 Å². The molecule has 1 unspecified atom stereocenters. The van der Waals surface area contributed by atoms with Gasteiger partial charge in [-0.2, -0.15) is 0 Å². The van der Waals surface area contributed by atoms with E-state index in [0.717, 1.165) is 36.9 Å². The summed E-state index contributed by atoms with van der Waals surface area (Å²) in [5.74, 6) is 0. The molecule has 0 heterocycles. The first-order valence-electron chi connectivity index (χ1n) is 6.71. The monoisotopic (exact) mass is 247 g/mol. The van der Waals surface area contributed by atoms with Crippen molar-refractivity contribution in [2.45, 2.75) is 38.2 Å². The number of hydrogen-bond donors (Lipinski definition) is 1. The summed E-state index contributed by atoms with van der Waals surface area (Å²) in [6.45, 7) is 3.71. The van der Waals surface area contributed by atoms with Crippen molar-refractivity contribution in [1.82, 2.24) is 0 Å². The number of hydrogen-bond acceptors (Lipinski definition) is 2. The molecule has 0 bridgehead atoms. The minimum absolute atomic E-state index is 0.339. The maximum atomic E-state index is 10.1. The van der Waals surface area contributed by atoms with Crippen LogP contribution < -0.4 is 4.90 Å². The Hall–Kier alpha value is -1.28. The number of aliphatic hydroxyl groups is 1. The molecule has 0 amide bonds. The molecule has 2 nitrogen and oxygen atoms in total. The molecule has 1 rings (SSSR count). The van der Waals surface area contributed by atoms with E-state index in [2.05, 4.69) is 23.6 Å². The Labute approximate surface area is 111 Å². The van der Waals surface area contributed by atoms with Crippen LogP contribution in [0.15, 0.2) is 36.9 Å². The van der Waals surface area contributed by atoms with Gasteiger partial charge in [-0.15, -0.1) is 6.58 Å². The molecule has 100 valence electrons. The first-order chi connectivity index (χ1) is 8.65. The van der Waals surface area contributed by atoms with Gasteiger partial charge in [-0.3, -0.25) is 0 Å². The number of unbranched alkanes of at least 4 members (excludes halogenated alkanes) is 3. The Kier molecular flexibility index (Phi) is 6.51. The van der Waals surface area contributed by atoms with Gasteiger partial charge >= 0.3 is 0 Å². The number of allylic oxidation sites excluding steroid dienone is 1. The molecule has 18 heavy (non-hydrogen) atoms. The molecule has 2 heteroatoms. The maximum absolute atomic E-state index is 10.1. The minimum Gasteiger partial charge on any atom is -0.388 e. The van der Waals surface area contributed by atoms with Crippen LogP contribution in [0.25, 0.3) is 0 Å². The third-order valence-electron chi connectivity index (χ3n) is 3.16. The van der Waals surface area contributed by atoms with E-state index in [4.69, 9.17) is 0 Å². The molecule has 0 aliphatic rings. The minimum atomic E-state index is -0.339. The van der Waals surface area contributed by atoms with Crippen LogP contribution in [0.2, 0.25) is 0 Å². The standard InChI is InChI=1S/C16H25NO/c1-4-5-6-7-8-12-16(18)14-10-9-11-15(13-14)17(2)3/h4,9-11,13,16,18H,1,5-8,12H2,2-3H3. The molecule has 1 aromatic carbocycles. The smallest absolute Gasteiger partial charge is 0.0790 e. The van der Waals surface area contributed by atoms with Gasteiger partial charge in [0, 0.05) is 19.8 Å². The second-order valence-electron chi connectivity index (χ2n) is 4.93. The SMILES string of the molecule is C=CCCCCCC(O)c1cccc(N(C)C)c1. The molecule has 0 spiro atoms. The summed E-state index contributed by atoms with van der Waals surface area (Å²) in [5, 5.41) is 10.1. The van der Waals surface area contributed by atoms with Crippen molar-refractivity contribution < 1.29 is 5.11 Å². The number of aliphatic hydroxyl groups excluding tert-OH is 1. The molecule has 0 radical (unpaired) electrons. The zero-order valence-corrected chi connectivity index (χ0v) is 11.6. The fraction of sp³-hybridized carbons (Fsp3) is 0.500. The van der Waals surface area contributed by atoms with Gasteiger partial charge in [-0.05, 0) is 37.0 Å². The van der Waals surface area contributed by atoms with Gasteiger partial charge in [0.25, 0.3) is 0 Å². The van der Waals surface area contributed by atoms with Crippen LogP contribution in [-0.4, -0.2) is 19.2 Å². The van der Waals surface area contributed by atoms with Crippen LogP contribution >= 0.6 is 0 Å². The van der Waals surface area contributed by atoms with Gasteiger partial charge < -0.3 is 10.0 Å². The van der Waals surface area contributed by atoms with E-state index in [1.165, 1.54) is 6.42 Å². The first kappa shape index (κ1) is 14.8. The van der Waals surface area contributed by atoms with Gasteiger partial charge in [-0.1, -0.05) is 31.1 Å². The summed E-state index contributed by atoms with van der Waals surface area (Å²) in [5.41, 5.74) is 2.16. The predicted octanol–water partition coefficient (Wildman–Crippen LogP) is 3.92. The zero-order chi connectivity index (χ0) is 13.4. The molecule has 0 aliphatic carbocycles. The summed E-state index contributed by atoms with van der Waals surface area (Å²) in [6.07, 6.45) is 6.94. The van der Waals surface area contributed by atoms with E-state index in [9.17, 15) is 5.11 Å². The molecule has 0 aromatic heterocycles. The Morgan fingerprint density at radius 2 is 2.06 bits per heavy atom. The van der Waals surface area contributed by atoms with Gasteiger partial charge in [0.2, 0.25) is 0 Å². The van der Waals surface area contributed by atoms with Crippen molar-refractivity contribution in [3.8, 4) is 0 Å². The third-order valence-corrected chi connectivity index (χ3v) is 3.16. The van der Waals surface area contributed by atoms with Crippen LogP contribution in [-0.2, 0) is 0 Å². The Morgan fingerprint density at radius 3 is 2.72 bits per heavy atom. The highest BCUT2D eigenvalue weighted by Crippen LogP contribution is 2.23. The molecule has 0 saturated carbocycles. The average Bonchev–Trinajstić information content (AvgIpc) is 2.38. The molecular weight excluding hydrogens is 222 g/mol. The normalized spacial score (nSPS) is 12.2. The average molecular weight is 247 g/mol. The molecule has 1 atom stereocenters. The van der Waals surface area contributed by atoms with Crippen molar-refractivity contribution in [3.05, 3.63) is 42.5 Å². The number of rotatable bonds is 8. The summed E-state index contributed by atoms with van der Waals surface area (Å²) >= 11 is 0. The fourth-order valence-corrected chi connectivity index (χ4v) is 1.98. The lowest BCUT2D eigenvalue weighted by Gasteiger charge is -2.16. The number of benzene rings is 1. The van der Waals surface area contributed by atoms with Crippen molar-refractivity contribution in [3.63, 3.8) is 0 Å². The predicted molar refractivity (Wildman–Crippen MR) is 79.0 cm³/mol. The summed E-state index contributed by atoms with van der Waals surface area (Å²) in [4.78, 5) is 2.06. The zero-order valence-electron chi connectivity index (χ0n) is 11.6. The fourth-order valence-electron chi connectivity index (χ4n) is 1.98. The van der Waals surface area contributed by atoms with Gasteiger partial charge in [0.1, 0.15) is 0 Å². The highest BCUT2D eigenvalue weighted by atomic mass is 16.3. The van der Waals surface area contributed by atoms with Crippen LogP contribution in [0, 0.1) is 0 Å². The van der Waals surface area contributed by atoms with E-state index in [1.54, 1.807) is 0 Å². The lowest BCUT2D eigenvalue weighted by Crippen LogP contribution is -2.09. The molecule has 0 saturated heterocycles. The summed E-state index contributed by atoms with van der Waals surface area (Å²) < 4.78 is 0. The highest BCUT2D eigenvalue weighted by Gasteiger charge is 2.08. The third kappa shape index (κ3) is 4.92. The van der Waals surface area contributed by atoms with Gasteiger partial charge in [0.05, 0.1) is 6.10 Å². The van der Waals surface area contributed by atoms with Crippen LogP contribution in [0.4, 0.5) is 5.69 Å². The van der Waals surface area contributed by atoms with Gasteiger partial charge in [-0.25, -0.2) is 0 Å². The lowest BCUT2D eigenvalue weighted by molar-refractivity contribution is 0.163. The van der Waals surface area contributed by atoms with E-state index in [0.29, 0.717) is 0 Å². The molecule has 1 aromatic rings. The topological polar surface area (TPSA) is 23.5 Å². The Morgan fingerprint density at radius 1 is 1.28 bits per heavy atom. The van der Waals surface area contributed by atoms with Crippen molar-refractivity contribution in [1.29, 1.82) is 0 Å². The molecule has 0 aliphatic heterocycles. The quantitative estimate of drug-likeness (QED) is 0.556. The Bertz CT molecular complexity index is 360. The number of anilines is 1. The molecule has 1 N–H and O–H groups in total. The van der Waals surface area contributed by atoms with Gasteiger partial charge in [0.15, 0.2) is 0 Å². The van der Waals surface area contributed by atoms with E-state index in [-0.39, 0.29) is 6.10 Å². The van der Waals surface area contributed by atoms with E-state index >= 15 is 0 Å². The van der Waals surface area contributed by atoms with Crippen molar-refractivity contribution in [2.75, 3.05) is 19.0 Å². The Balaban J connectivity index is 2.43. The van der Waals surface area contributed by atoms with Crippen LogP contribution in [0.1, 0.15) is 43.8 Å². The summed E-state index contributed by atoms with van der Waals surface area (Å²) in [6, 6.07) is 8.13. The molecule has 0 fully saturated rings. The van der Waals surface area contributed by atoms with Crippen LogP contribution in [0.5, 0.6) is 0 Å². The first-order valence-corrected chi connectivity index (χ1v) is 6.71. The number of nitrogens with zero attached hydrogens (tertiary/aromatic N) is 1. The largest absolute Gasteiger partial charge is 0.388 e. The maximum Gasteiger partial charge on any atom is 0.0790 e. The summed E-state index contributed by atoms with van der Waals surface area (Å²) in [7, 11) is 4.03. The van der Waals surface area contributed by atoms with Crippen LogP contribution in [0.3, 0.4) is 0 Å². The second-order valence-corrected chi connectivity index (χ2v) is 4.93. The van der Waals surface area contributed by atoms with Crippen molar-refractivity contribution >= 4 is 5.69 Å². The molecular formula is C16H25NO. The highest BCUT2D eigenvalue weighted by molar-refractivity contribution is 5.47. The van der Waals surface area contributed by atoms with E-state index in [1.807, 2.05) is 32.3 Å². The lowest BCUT2D eigenvalue weighted by atomic mass is 10.0. The van der Waals surface area contributed by atoms with E-state index < -0.39 is 0 Å². The second kappa shape index (κ2) is 7.93.